The first-order chi connectivity index (χ1) is 18.7. The van der Waals surface area contributed by atoms with Crippen molar-refractivity contribution in [1.82, 2.24) is 29.7 Å². The van der Waals surface area contributed by atoms with Crippen LogP contribution in [0.4, 0.5) is 30.9 Å². The standard InChI is InChI=1S/C26H23F2N9O2/c1-14-6-5-8-17(32-14)13-36(26(38)39-2)22-23(29)33-25(34-24(22)30)37-20-11-16(27)12-31-21(20)19(35-37)10-15-7-3-4-9-18(15)28/h3-9,11-12H,10,13H2,1-2H3,(H4,29,30,33,34). The maximum Gasteiger partial charge on any atom is 0.414 e. The molecule has 13 heteroatoms. The number of benzene rings is 1. The van der Waals surface area contributed by atoms with Gasteiger partial charge in [0.05, 0.1) is 36.8 Å². The van der Waals surface area contributed by atoms with Gasteiger partial charge < -0.3 is 16.2 Å². The molecular weight excluding hydrogens is 508 g/mol. The van der Waals surface area contributed by atoms with E-state index in [-0.39, 0.29) is 41.8 Å². The number of pyridine rings is 2. The minimum Gasteiger partial charge on any atom is -0.452 e. The van der Waals surface area contributed by atoms with Gasteiger partial charge in [-0.1, -0.05) is 24.3 Å². The minimum atomic E-state index is -0.754. The molecule has 0 fully saturated rings. The molecule has 5 aromatic rings. The number of ether oxygens (including phenoxy) is 1. The molecule has 0 spiro atoms. The number of nitrogens with two attached hydrogens (primary N) is 2. The highest BCUT2D eigenvalue weighted by molar-refractivity contribution is 5.94. The fourth-order valence-corrected chi connectivity index (χ4v) is 4.17. The van der Waals surface area contributed by atoms with Crippen LogP contribution >= 0.6 is 0 Å². The number of carbonyl (C=O) groups excluding carboxylic acids is 1. The lowest BCUT2D eigenvalue weighted by Gasteiger charge is -2.23. The summed E-state index contributed by atoms with van der Waals surface area (Å²) in [4.78, 5) is 31.0. The van der Waals surface area contributed by atoms with Crippen LogP contribution in [0.3, 0.4) is 0 Å². The zero-order valence-corrected chi connectivity index (χ0v) is 21.0. The van der Waals surface area contributed by atoms with Crippen molar-refractivity contribution in [3.63, 3.8) is 0 Å². The molecule has 4 aromatic heterocycles. The van der Waals surface area contributed by atoms with Gasteiger partial charge in [0.15, 0.2) is 11.6 Å². The number of aromatic nitrogens is 6. The van der Waals surface area contributed by atoms with E-state index in [0.717, 1.165) is 11.9 Å². The average molecular weight is 532 g/mol. The van der Waals surface area contributed by atoms with E-state index in [1.807, 2.05) is 13.0 Å². The second-order valence-electron chi connectivity index (χ2n) is 8.62. The third-order valence-electron chi connectivity index (χ3n) is 5.92. The lowest BCUT2D eigenvalue weighted by atomic mass is 10.1. The number of nitrogen functional groups attached to an aromatic ring is 2. The van der Waals surface area contributed by atoms with Crippen molar-refractivity contribution in [2.75, 3.05) is 23.5 Å². The zero-order chi connectivity index (χ0) is 27.7. The summed E-state index contributed by atoms with van der Waals surface area (Å²) in [5.74, 6) is -1.44. The lowest BCUT2D eigenvalue weighted by molar-refractivity contribution is 0.178. The maximum atomic E-state index is 14.3. The minimum absolute atomic E-state index is 0.0150. The van der Waals surface area contributed by atoms with Gasteiger partial charge in [0.2, 0.25) is 0 Å². The topological polar surface area (TPSA) is 151 Å². The molecule has 11 nitrogen and oxygen atoms in total. The van der Waals surface area contributed by atoms with Crippen LogP contribution in [0.25, 0.3) is 17.0 Å². The van der Waals surface area contributed by atoms with Gasteiger partial charge in [-0.2, -0.15) is 19.7 Å². The summed E-state index contributed by atoms with van der Waals surface area (Å²) in [7, 11) is 1.22. The van der Waals surface area contributed by atoms with Gasteiger partial charge in [0, 0.05) is 18.2 Å². The van der Waals surface area contributed by atoms with Crippen molar-refractivity contribution in [3.8, 4) is 5.95 Å². The molecule has 0 aliphatic rings. The molecule has 0 aliphatic heterocycles. The number of hydrogen-bond acceptors (Lipinski definition) is 9. The number of carbonyl (C=O) groups is 1. The van der Waals surface area contributed by atoms with Crippen LogP contribution in [-0.4, -0.2) is 42.9 Å². The molecule has 39 heavy (non-hydrogen) atoms. The van der Waals surface area contributed by atoms with E-state index in [0.29, 0.717) is 22.5 Å². The molecule has 4 N–H and O–H groups in total. The SMILES string of the molecule is COC(=O)N(Cc1cccc(C)n1)c1c(N)nc(-n2nc(Cc3ccccc3F)c3ncc(F)cc32)nc1N. The summed E-state index contributed by atoms with van der Waals surface area (Å²) >= 11 is 0. The third kappa shape index (κ3) is 5.01. The van der Waals surface area contributed by atoms with Crippen molar-refractivity contribution in [1.29, 1.82) is 0 Å². The highest BCUT2D eigenvalue weighted by Crippen LogP contribution is 2.31. The van der Waals surface area contributed by atoms with Gasteiger partial charge in [-0.05, 0) is 30.7 Å². The molecular formula is C26H23F2N9O2. The van der Waals surface area contributed by atoms with Gasteiger partial charge in [-0.15, -0.1) is 0 Å². The van der Waals surface area contributed by atoms with Crippen LogP contribution in [-0.2, 0) is 17.7 Å². The van der Waals surface area contributed by atoms with Gasteiger partial charge in [0.1, 0.15) is 22.8 Å². The Morgan fingerprint density at radius 1 is 1.05 bits per heavy atom. The number of methoxy groups -OCH3 is 1. The largest absolute Gasteiger partial charge is 0.452 e. The first-order valence-corrected chi connectivity index (χ1v) is 11.7. The Kier molecular flexibility index (Phi) is 6.71. The summed E-state index contributed by atoms with van der Waals surface area (Å²) < 4.78 is 34.7. The molecule has 0 saturated carbocycles. The van der Waals surface area contributed by atoms with E-state index in [9.17, 15) is 13.6 Å². The quantitative estimate of drug-likeness (QED) is 0.334. The van der Waals surface area contributed by atoms with Crippen molar-refractivity contribution < 1.29 is 18.3 Å². The highest BCUT2D eigenvalue weighted by atomic mass is 19.1. The van der Waals surface area contributed by atoms with Crippen molar-refractivity contribution in [2.24, 2.45) is 0 Å². The molecule has 1 amide bonds. The number of aryl methyl sites for hydroxylation is 1. The van der Waals surface area contributed by atoms with E-state index < -0.39 is 17.7 Å². The zero-order valence-electron chi connectivity index (χ0n) is 21.0. The van der Waals surface area contributed by atoms with E-state index in [1.54, 1.807) is 30.3 Å². The van der Waals surface area contributed by atoms with Crippen molar-refractivity contribution in [2.45, 2.75) is 19.9 Å². The molecule has 0 saturated heterocycles. The number of anilines is 3. The Balaban J connectivity index is 1.59. The Morgan fingerprint density at radius 3 is 2.49 bits per heavy atom. The third-order valence-corrected chi connectivity index (χ3v) is 5.92. The molecule has 5 rings (SSSR count). The van der Waals surface area contributed by atoms with Crippen molar-refractivity contribution >= 4 is 34.4 Å². The number of nitrogens with zero attached hydrogens (tertiary/aromatic N) is 7. The number of hydrogen-bond donors (Lipinski definition) is 2. The highest BCUT2D eigenvalue weighted by Gasteiger charge is 2.26. The van der Waals surface area contributed by atoms with E-state index in [4.69, 9.17) is 16.2 Å². The Morgan fingerprint density at radius 2 is 1.79 bits per heavy atom. The Labute approximate surface area is 221 Å². The first kappa shape index (κ1) is 25.4. The fraction of sp³-hybridized carbons (Fsp3) is 0.154. The normalized spacial score (nSPS) is 11.1. The fourth-order valence-electron chi connectivity index (χ4n) is 4.17. The number of amides is 1. The van der Waals surface area contributed by atoms with Crippen LogP contribution < -0.4 is 16.4 Å². The summed E-state index contributed by atoms with van der Waals surface area (Å²) in [5.41, 5.74) is 15.2. The van der Waals surface area contributed by atoms with Gasteiger partial charge in [0.25, 0.3) is 5.95 Å². The maximum absolute atomic E-state index is 14.3. The smallest absolute Gasteiger partial charge is 0.414 e. The number of rotatable bonds is 6. The first-order valence-electron chi connectivity index (χ1n) is 11.7. The second-order valence-corrected chi connectivity index (χ2v) is 8.62. The molecule has 0 atom stereocenters. The predicted octanol–water partition coefficient (Wildman–Crippen LogP) is 3.72. The summed E-state index contributed by atoms with van der Waals surface area (Å²) in [6.45, 7) is 1.80. The molecule has 4 heterocycles. The van der Waals surface area contributed by atoms with Crippen molar-refractivity contribution in [3.05, 3.63) is 89.0 Å². The van der Waals surface area contributed by atoms with Gasteiger partial charge in [-0.3, -0.25) is 9.88 Å². The summed E-state index contributed by atoms with van der Waals surface area (Å²) in [5, 5.41) is 4.49. The molecule has 0 bridgehead atoms. The van der Waals surface area contributed by atoms with Gasteiger partial charge >= 0.3 is 6.09 Å². The monoisotopic (exact) mass is 531 g/mol. The van der Waals surface area contributed by atoms with Crippen LogP contribution in [0.1, 0.15) is 22.6 Å². The van der Waals surface area contributed by atoms with Crippen LogP contribution in [0.2, 0.25) is 0 Å². The lowest BCUT2D eigenvalue weighted by Crippen LogP contribution is -2.32. The average Bonchev–Trinajstić information content (AvgIpc) is 3.25. The van der Waals surface area contributed by atoms with Gasteiger partial charge in [-0.25, -0.2) is 18.6 Å². The van der Waals surface area contributed by atoms with Crippen LogP contribution in [0.15, 0.2) is 54.7 Å². The molecule has 0 radical (unpaired) electrons. The predicted molar refractivity (Wildman–Crippen MR) is 140 cm³/mol. The Bertz CT molecular complexity index is 1680. The molecule has 1 aromatic carbocycles. The molecule has 198 valence electrons. The number of fused-ring (bicyclic) bond motifs is 1. The Hall–Kier alpha value is -5.20. The summed E-state index contributed by atoms with van der Waals surface area (Å²) in [6, 6.07) is 12.8. The second kappa shape index (κ2) is 10.3. The van der Waals surface area contributed by atoms with E-state index in [2.05, 4.69) is 25.0 Å². The molecule has 0 unspecified atom stereocenters. The molecule has 0 aliphatic carbocycles. The van der Waals surface area contributed by atoms with E-state index in [1.165, 1.54) is 28.8 Å². The van der Waals surface area contributed by atoms with E-state index >= 15 is 0 Å². The van der Waals surface area contributed by atoms with Crippen LogP contribution in [0, 0.1) is 18.6 Å². The summed E-state index contributed by atoms with van der Waals surface area (Å²) in [6.07, 6.45) is 0.368. The number of halogens is 2. The van der Waals surface area contributed by atoms with Crippen LogP contribution in [0.5, 0.6) is 0 Å².